The lowest BCUT2D eigenvalue weighted by atomic mass is 9.94. The molecule has 0 aromatic heterocycles. The zero-order chi connectivity index (χ0) is 10.4. The van der Waals surface area contributed by atoms with E-state index in [0.717, 1.165) is 19.5 Å². The maximum atomic E-state index is 10.6. The third-order valence-corrected chi connectivity index (χ3v) is 2.80. The molecule has 1 N–H and O–H groups in total. The van der Waals surface area contributed by atoms with Crippen LogP contribution in [0.1, 0.15) is 19.3 Å². The van der Waals surface area contributed by atoms with Crippen molar-refractivity contribution < 1.29 is 9.59 Å². The summed E-state index contributed by atoms with van der Waals surface area (Å²) in [6.07, 6.45) is 3.73. The van der Waals surface area contributed by atoms with Crippen molar-refractivity contribution in [1.29, 1.82) is 0 Å². The van der Waals surface area contributed by atoms with Gasteiger partial charge in [-0.25, -0.2) is 0 Å². The maximum absolute atomic E-state index is 10.6. The first-order valence-electron chi connectivity index (χ1n) is 5.14. The molecule has 0 atom stereocenters. The quantitative estimate of drug-likeness (QED) is 0.512. The van der Waals surface area contributed by atoms with Gasteiger partial charge in [-0.1, -0.05) is 0 Å². The predicted octanol–water partition coefficient (Wildman–Crippen LogP) is 0.0334. The van der Waals surface area contributed by atoms with Crippen LogP contribution in [-0.4, -0.2) is 43.8 Å². The SMILES string of the molecule is CN1CCC(CCNC(=O)C=O)CC1. The van der Waals surface area contributed by atoms with Gasteiger partial charge in [0.1, 0.15) is 0 Å². The van der Waals surface area contributed by atoms with Crippen LogP contribution in [0, 0.1) is 5.92 Å². The second kappa shape index (κ2) is 5.75. The van der Waals surface area contributed by atoms with E-state index in [1.54, 1.807) is 0 Å². The minimum absolute atomic E-state index is 0.328. The summed E-state index contributed by atoms with van der Waals surface area (Å²) in [4.78, 5) is 22.9. The maximum Gasteiger partial charge on any atom is 0.284 e. The summed E-state index contributed by atoms with van der Waals surface area (Å²) in [5.74, 6) is 0.205. The van der Waals surface area contributed by atoms with Gasteiger partial charge in [-0.15, -0.1) is 0 Å². The number of hydrogen-bond donors (Lipinski definition) is 1. The Hall–Kier alpha value is -0.900. The molecule has 1 amide bonds. The van der Waals surface area contributed by atoms with E-state index in [2.05, 4.69) is 17.3 Å². The molecule has 0 spiro atoms. The number of carbonyl (C=O) groups is 2. The van der Waals surface area contributed by atoms with Crippen LogP contribution in [0.5, 0.6) is 0 Å². The van der Waals surface area contributed by atoms with Crippen molar-refractivity contribution in [2.45, 2.75) is 19.3 Å². The lowest BCUT2D eigenvalue weighted by Crippen LogP contribution is -2.32. The Kier molecular flexibility index (Phi) is 4.59. The van der Waals surface area contributed by atoms with Gasteiger partial charge in [-0.3, -0.25) is 9.59 Å². The van der Waals surface area contributed by atoms with Crippen LogP contribution >= 0.6 is 0 Å². The molecule has 0 saturated carbocycles. The average Bonchev–Trinajstić information content (AvgIpc) is 2.21. The van der Waals surface area contributed by atoms with Crippen LogP contribution in [0.25, 0.3) is 0 Å². The molecule has 0 aromatic rings. The number of piperidine rings is 1. The number of rotatable bonds is 4. The van der Waals surface area contributed by atoms with Gasteiger partial charge >= 0.3 is 0 Å². The highest BCUT2D eigenvalue weighted by Crippen LogP contribution is 2.18. The smallest absolute Gasteiger partial charge is 0.284 e. The average molecular weight is 198 g/mol. The van der Waals surface area contributed by atoms with Gasteiger partial charge in [0.25, 0.3) is 5.91 Å². The summed E-state index contributed by atoms with van der Waals surface area (Å²) < 4.78 is 0. The predicted molar refractivity (Wildman–Crippen MR) is 53.9 cm³/mol. The summed E-state index contributed by atoms with van der Waals surface area (Å²) in [5, 5.41) is 2.57. The molecule has 80 valence electrons. The Labute approximate surface area is 84.7 Å². The highest BCUT2D eigenvalue weighted by molar-refractivity contribution is 6.23. The largest absolute Gasteiger partial charge is 0.350 e. The third-order valence-electron chi connectivity index (χ3n) is 2.80. The van der Waals surface area contributed by atoms with E-state index in [9.17, 15) is 9.59 Å². The highest BCUT2D eigenvalue weighted by Gasteiger charge is 2.16. The molecule has 4 heteroatoms. The van der Waals surface area contributed by atoms with Gasteiger partial charge in [0, 0.05) is 6.54 Å². The number of aldehydes is 1. The van der Waals surface area contributed by atoms with Crippen LogP contribution in [0.4, 0.5) is 0 Å². The van der Waals surface area contributed by atoms with Crippen LogP contribution in [0.15, 0.2) is 0 Å². The Morgan fingerprint density at radius 1 is 1.50 bits per heavy atom. The minimum atomic E-state index is -0.502. The van der Waals surface area contributed by atoms with E-state index in [1.807, 2.05) is 0 Å². The van der Waals surface area contributed by atoms with Crippen molar-refractivity contribution in [2.24, 2.45) is 5.92 Å². The molecule has 0 radical (unpaired) electrons. The number of nitrogens with one attached hydrogen (secondary N) is 1. The van der Waals surface area contributed by atoms with E-state index in [0.29, 0.717) is 18.7 Å². The number of likely N-dealkylation sites (tertiary alicyclic amines) is 1. The van der Waals surface area contributed by atoms with Crippen LogP contribution in [0.2, 0.25) is 0 Å². The number of amides is 1. The van der Waals surface area contributed by atoms with E-state index in [-0.39, 0.29) is 0 Å². The van der Waals surface area contributed by atoms with E-state index in [1.165, 1.54) is 12.8 Å². The lowest BCUT2D eigenvalue weighted by molar-refractivity contribution is -0.131. The van der Waals surface area contributed by atoms with Crippen molar-refractivity contribution in [3.8, 4) is 0 Å². The van der Waals surface area contributed by atoms with Crippen LogP contribution in [-0.2, 0) is 9.59 Å². The fraction of sp³-hybridized carbons (Fsp3) is 0.800. The molecule has 1 aliphatic heterocycles. The Bertz CT molecular complexity index is 198. The summed E-state index contributed by atoms with van der Waals surface area (Å²) in [5.41, 5.74) is 0. The molecule has 0 unspecified atom stereocenters. The first kappa shape index (κ1) is 11.2. The van der Waals surface area contributed by atoms with Gasteiger partial charge in [0.2, 0.25) is 6.29 Å². The second-order valence-corrected chi connectivity index (χ2v) is 3.94. The first-order chi connectivity index (χ1) is 6.72. The van der Waals surface area contributed by atoms with Gasteiger partial charge in [0.15, 0.2) is 0 Å². The van der Waals surface area contributed by atoms with Crippen molar-refractivity contribution >= 4 is 12.2 Å². The van der Waals surface area contributed by atoms with Gasteiger partial charge < -0.3 is 10.2 Å². The number of nitrogens with zero attached hydrogens (tertiary/aromatic N) is 1. The fourth-order valence-electron chi connectivity index (χ4n) is 1.79. The third kappa shape index (κ3) is 3.87. The molecule has 1 heterocycles. The molecule has 0 bridgehead atoms. The Balaban J connectivity index is 2.07. The summed E-state index contributed by atoms with van der Waals surface area (Å²) in [6.45, 7) is 2.92. The summed E-state index contributed by atoms with van der Waals surface area (Å²) in [6, 6.07) is 0. The van der Waals surface area contributed by atoms with Gasteiger partial charge in [-0.05, 0) is 45.3 Å². The first-order valence-corrected chi connectivity index (χ1v) is 5.14. The molecule has 1 fully saturated rings. The molecule has 0 aromatic carbocycles. The summed E-state index contributed by atoms with van der Waals surface area (Å²) in [7, 11) is 2.13. The molecule has 1 saturated heterocycles. The van der Waals surface area contributed by atoms with Gasteiger partial charge in [-0.2, -0.15) is 0 Å². The van der Waals surface area contributed by atoms with Crippen molar-refractivity contribution in [3.05, 3.63) is 0 Å². The second-order valence-electron chi connectivity index (χ2n) is 3.94. The number of carbonyl (C=O) groups excluding carboxylic acids is 2. The summed E-state index contributed by atoms with van der Waals surface area (Å²) >= 11 is 0. The zero-order valence-electron chi connectivity index (χ0n) is 8.66. The molecule has 1 rings (SSSR count). The molecular weight excluding hydrogens is 180 g/mol. The highest BCUT2D eigenvalue weighted by atomic mass is 16.2. The molecule has 14 heavy (non-hydrogen) atoms. The van der Waals surface area contributed by atoms with E-state index >= 15 is 0 Å². The number of hydrogen-bond acceptors (Lipinski definition) is 3. The van der Waals surface area contributed by atoms with Gasteiger partial charge in [0.05, 0.1) is 0 Å². The van der Waals surface area contributed by atoms with Crippen LogP contribution in [0.3, 0.4) is 0 Å². The molecular formula is C10H18N2O2. The topological polar surface area (TPSA) is 49.4 Å². The van der Waals surface area contributed by atoms with Crippen molar-refractivity contribution in [1.82, 2.24) is 10.2 Å². The Morgan fingerprint density at radius 2 is 2.14 bits per heavy atom. The normalized spacial score (nSPS) is 19.2. The standard InChI is InChI=1S/C10H18N2O2/c1-12-6-3-9(4-7-12)2-5-11-10(14)8-13/h8-9H,2-7H2,1H3,(H,11,14). The fourth-order valence-corrected chi connectivity index (χ4v) is 1.79. The molecule has 1 aliphatic rings. The molecule has 4 nitrogen and oxygen atoms in total. The van der Waals surface area contributed by atoms with Crippen molar-refractivity contribution in [3.63, 3.8) is 0 Å². The monoisotopic (exact) mass is 198 g/mol. The molecule has 0 aliphatic carbocycles. The van der Waals surface area contributed by atoms with E-state index < -0.39 is 5.91 Å². The van der Waals surface area contributed by atoms with Crippen molar-refractivity contribution in [2.75, 3.05) is 26.7 Å². The zero-order valence-corrected chi connectivity index (χ0v) is 8.66. The Morgan fingerprint density at radius 3 is 2.71 bits per heavy atom. The van der Waals surface area contributed by atoms with E-state index in [4.69, 9.17) is 0 Å². The van der Waals surface area contributed by atoms with Crippen LogP contribution < -0.4 is 5.32 Å². The lowest BCUT2D eigenvalue weighted by Gasteiger charge is -2.28. The minimum Gasteiger partial charge on any atom is -0.350 e.